The van der Waals surface area contributed by atoms with Crippen LogP contribution in [0.3, 0.4) is 0 Å². The first-order valence-corrected chi connectivity index (χ1v) is 10.9. The van der Waals surface area contributed by atoms with E-state index in [2.05, 4.69) is 0 Å². The van der Waals surface area contributed by atoms with Crippen molar-refractivity contribution in [2.24, 2.45) is 7.05 Å². The average molecular weight is 388 g/mol. The quantitative estimate of drug-likeness (QED) is 0.814. The van der Waals surface area contributed by atoms with E-state index in [0.717, 1.165) is 36.9 Å². The molecule has 1 fully saturated rings. The van der Waals surface area contributed by atoms with Gasteiger partial charge in [0.1, 0.15) is 10.6 Å². The molecular weight excluding hydrogens is 362 g/mol. The SMILES string of the molecule is Cc1c(S(=O)(=O)N2CCCCC2)cc(C(=O)N2CCc3ccccc32)n1C. The zero-order valence-corrected chi connectivity index (χ0v) is 16.6. The average Bonchev–Trinajstić information content (AvgIpc) is 3.24. The Labute approximate surface area is 160 Å². The van der Waals surface area contributed by atoms with Crippen molar-refractivity contribution in [2.75, 3.05) is 24.5 Å². The molecule has 1 saturated heterocycles. The van der Waals surface area contributed by atoms with E-state index in [1.807, 2.05) is 24.3 Å². The molecule has 0 bridgehead atoms. The number of para-hydroxylation sites is 1. The summed E-state index contributed by atoms with van der Waals surface area (Å²) >= 11 is 0. The minimum Gasteiger partial charge on any atom is -0.343 e. The summed E-state index contributed by atoms with van der Waals surface area (Å²) in [6, 6.07) is 9.44. The molecule has 7 heteroatoms. The van der Waals surface area contributed by atoms with Crippen molar-refractivity contribution >= 4 is 21.6 Å². The minimum absolute atomic E-state index is 0.148. The summed E-state index contributed by atoms with van der Waals surface area (Å²) in [7, 11) is -1.81. The normalized spacial score (nSPS) is 17.9. The molecule has 2 aliphatic rings. The van der Waals surface area contributed by atoms with Crippen molar-refractivity contribution in [3.8, 4) is 0 Å². The lowest BCUT2D eigenvalue weighted by molar-refractivity contribution is 0.0981. The standard InChI is InChI=1S/C20H25N3O3S/c1-15-19(27(25,26)22-11-6-3-7-12-22)14-18(21(15)2)20(24)23-13-10-16-8-4-5-9-17(16)23/h4-5,8-9,14H,3,6-7,10-13H2,1-2H3. The number of hydrogen-bond donors (Lipinski definition) is 0. The van der Waals surface area contributed by atoms with Crippen LogP contribution in [0.5, 0.6) is 0 Å². The van der Waals surface area contributed by atoms with Gasteiger partial charge in [0.15, 0.2) is 0 Å². The van der Waals surface area contributed by atoms with Gasteiger partial charge in [0.2, 0.25) is 10.0 Å². The molecule has 6 nitrogen and oxygen atoms in total. The second-order valence-corrected chi connectivity index (χ2v) is 9.24. The Bertz CT molecular complexity index is 988. The summed E-state index contributed by atoms with van der Waals surface area (Å²) in [5.74, 6) is -0.148. The Balaban J connectivity index is 1.70. The van der Waals surface area contributed by atoms with Gasteiger partial charge in [0.25, 0.3) is 5.91 Å². The van der Waals surface area contributed by atoms with E-state index >= 15 is 0 Å². The Morgan fingerprint density at radius 1 is 1.04 bits per heavy atom. The minimum atomic E-state index is -3.57. The third-order valence-corrected chi connectivity index (χ3v) is 7.79. The third-order valence-electron chi connectivity index (χ3n) is 5.77. The summed E-state index contributed by atoms with van der Waals surface area (Å²) in [5, 5.41) is 0. The van der Waals surface area contributed by atoms with Gasteiger partial charge in [-0.3, -0.25) is 4.79 Å². The molecule has 4 rings (SSSR count). The Morgan fingerprint density at radius 2 is 1.74 bits per heavy atom. The zero-order valence-electron chi connectivity index (χ0n) is 15.8. The van der Waals surface area contributed by atoms with E-state index in [4.69, 9.17) is 0 Å². The van der Waals surface area contributed by atoms with E-state index in [-0.39, 0.29) is 10.8 Å². The van der Waals surface area contributed by atoms with E-state index in [9.17, 15) is 13.2 Å². The topological polar surface area (TPSA) is 62.6 Å². The molecule has 27 heavy (non-hydrogen) atoms. The van der Waals surface area contributed by atoms with Crippen molar-refractivity contribution in [2.45, 2.75) is 37.5 Å². The van der Waals surface area contributed by atoms with Crippen LogP contribution in [0.15, 0.2) is 35.2 Å². The van der Waals surface area contributed by atoms with Gasteiger partial charge < -0.3 is 9.47 Å². The van der Waals surface area contributed by atoms with Gasteiger partial charge in [0.05, 0.1) is 0 Å². The molecule has 2 aromatic rings. The Morgan fingerprint density at radius 3 is 2.48 bits per heavy atom. The van der Waals surface area contributed by atoms with Crippen LogP contribution >= 0.6 is 0 Å². The first kappa shape index (κ1) is 18.3. The lowest BCUT2D eigenvalue weighted by Gasteiger charge is -2.25. The van der Waals surface area contributed by atoms with Crippen LogP contribution in [0.2, 0.25) is 0 Å². The number of carbonyl (C=O) groups excluding carboxylic acids is 1. The molecule has 144 valence electrons. The largest absolute Gasteiger partial charge is 0.343 e. The predicted octanol–water partition coefficient (Wildman–Crippen LogP) is 2.71. The van der Waals surface area contributed by atoms with E-state index in [1.165, 1.54) is 0 Å². The molecule has 3 heterocycles. The molecule has 0 saturated carbocycles. The summed E-state index contributed by atoms with van der Waals surface area (Å²) in [6.07, 6.45) is 3.67. The Hall–Kier alpha value is -2.12. The monoisotopic (exact) mass is 387 g/mol. The van der Waals surface area contributed by atoms with Crippen LogP contribution in [0.25, 0.3) is 0 Å². The van der Waals surface area contributed by atoms with Gasteiger partial charge in [0, 0.05) is 38.1 Å². The predicted molar refractivity (Wildman–Crippen MR) is 105 cm³/mol. The molecular formula is C20H25N3O3S. The highest BCUT2D eigenvalue weighted by atomic mass is 32.2. The number of piperidine rings is 1. The van der Waals surface area contributed by atoms with Crippen LogP contribution in [-0.4, -0.2) is 42.8 Å². The van der Waals surface area contributed by atoms with Crippen molar-refractivity contribution in [3.05, 3.63) is 47.3 Å². The lowest BCUT2D eigenvalue weighted by Crippen LogP contribution is -2.35. The zero-order chi connectivity index (χ0) is 19.2. The summed E-state index contributed by atoms with van der Waals surface area (Å²) < 4.78 is 29.5. The van der Waals surface area contributed by atoms with Gasteiger partial charge in [-0.05, 0) is 43.9 Å². The van der Waals surface area contributed by atoms with Crippen LogP contribution in [0, 0.1) is 6.92 Å². The van der Waals surface area contributed by atoms with Gasteiger partial charge in [-0.2, -0.15) is 4.31 Å². The maximum Gasteiger partial charge on any atom is 0.274 e. The Kier molecular flexibility index (Phi) is 4.60. The maximum atomic E-state index is 13.2. The fourth-order valence-corrected chi connectivity index (χ4v) is 5.86. The van der Waals surface area contributed by atoms with Gasteiger partial charge in [-0.1, -0.05) is 24.6 Å². The van der Waals surface area contributed by atoms with Gasteiger partial charge >= 0.3 is 0 Å². The van der Waals surface area contributed by atoms with Crippen molar-refractivity contribution in [1.82, 2.24) is 8.87 Å². The van der Waals surface area contributed by atoms with Crippen LogP contribution in [0.1, 0.15) is 41.0 Å². The molecule has 1 aromatic carbocycles. The number of fused-ring (bicyclic) bond motifs is 1. The highest BCUT2D eigenvalue weighted by molar-refractivity contribution is 7.89. The first-order valence-electron chi connectivity index (χ1n) is 9.47. The number of rotatable bonds is 3. The number of anilines is 1. The fourth-order valence-electron chi connectivity index (χ4n) is 4.07. The van der Waals surface area contributed by atoms with Crippen molar-refractivity contribution in [1.29, 1.82) is 0 Å². The van der Waals surface area contributed by atoms with E-state index in [1.54, 1.807) is 33.8 Å². The van der Waals surface area contributed by atoms with Crippen molar-refractivity contribution in [3.63, 3.8) is 0 Å². The number of benzene rings is 1. The summed E-state index contributed by atoms with van der Waals surface area (Å²) in [4.78, 5) is 15.2. The molecule has 2 aliphatic heterocycles. The lowest BCUT2D eigenvalue weighted by atomic mass is 10.2. The second kappa shape index (κ2) is 6.80. The molecule has 1 amide bonds. The number of aromatic nitrogens is 1. The number of hydrogen-bond acceptors (Lipinski definition) is 3. The first-order chi connectivity index (χ1) is 12.9. The fraction of sp³-hybridized carbons (Fsp3) is 0.450. The molecule has 0 unspecified atom stereocenters. The smallest absolute Gasteiger partial charge is 0.274 e. The number of nitrogens with zero attached hydrogens (tertiary/aromatic N) is 3. The number of carbonyl (C=O) groups is 1. The molecule has 0 aliphatic carbocycles. The number of sulfonamides is 1. The second-order valence-electron chi connectivity index (χ2n) is 7.34. The molecule has 0 spiro atoms. The summed E-state index contributed by atoms with van der Waals surface area (Å²) in [5.41, 5.74) is 3.09. The highest BCUT2D eigenvalue weighted by Crippen LogP contribution is 2.31. The van der Waals surface area contributed by atoms with E-state index in [0.29, 0.717) is 31.0 Å². The van der Waals surface area contributed by atoms with Crippen LogP contribution in [0.4, 0.5) is 5.69 Å². The van der Waals surface area contributed by atoms with Crippen molar-refractivity contribution < 1.29 is 13.2 Å². The molecule has 0 radical (unpaired) electrons. The van der Waals surface area contributed by atoms with Gasteiger partial charge in [-0.25, -0.2) is 8.42 Å². The number of amides is 1. The molecule has 0 N–H and O–H groups in total. The summed E-state index contributed by atoms with van der Waals surface area (Å²) in [6.45, 7) is 3.50. The van der Waals surface area contributed by atoms with Crippen LogP contribution < -0.4 is 4.90 Å². The maximum absolute atomic E-state index is 13.2. The van der Waals surface area contributed by atoms with Gasteiger partial charge in [-0.15, -0.1) is 0 Å². The third kappa shape index (κ3) is 2.99. The van der Waals surface area contributed by atoms with E-state index < -0.39 is 10.0 Å². The highest BCUT2D eigenvalue weighted by Gasteiger charge is 2.33. The molecule has 1 aromatic heterocycles. The van der Waals surface area contributed by atoms with Crippen LogP contribution in [-0.2, 0) is 23.5 Å². The molecule has 0 atom stereocenters.